The summed E-state index contributed by atoms with van der Waals surface area (Å²) in [6, 6.07) is 6.95. The summed E-state index contributed by atoms with van der Waals surface area (Å²) < 4.78 is 0. The van der Waals surface area contributed by atoms with Crippen molar-refractivity contribution in [3.05, 3.63) is 34.7 Å². The number of carbonyl (C=O) groups is 1. The van der Waals surface area contributed by atoms with Crippen LogP contribution < -0.4 is 10.2 Å². The van der Waals surface area contributed by atoms with Crippen molar-refractivity contribution < 1.29 is 4.79 Å². The highest BCUT2D eigenvalue weighted by atomic mass is 32.1. The molecule has 2 unspecified atom stereocenters. The molecule has 5 heterocycles. The van der Waals surface area contributed by atoms with Gasteiger partial charge < -0.3 is 15.1 Å². The molecule has 0 saturated carbocycles. The average Bonchev–Trinajstić information content (AvgIpc) is 3.23. The third-order valence-corrected chi connectivity index (χ3v) is 8.40. The first kappa shape index (κ1) is 23.5. The summed E-state index contributed by atoms with van der Waals surface area (Å²) in [5, 5.41) is 5.69. The Kier molecular flexibility index (Phi) is 7.96. The maximum Gasteiger partial charge on any atom is 0.227 e. The fourth-order valence-electron chi connectivity index (χ4n) is 5.69. The van der Waals surface area contributed by atoms with Gasteiger partial charge in [0.05, 0.1) is 6.42 Å². The minimum atomic E-state index is 0.276. The van der Waals surface area contributed by atoms with Gasteiger partial charge in [-0.3, -0.25) is 9.69 Å². The van der Waals surface area contributed by atoms with Crippen LogP contribution in [0, 0.1) is 0 Å². The molecule has 3 saturated heterocycles. The minimum Gasteiger partial charge on any atom is -0.356 e. The molecule has 2 aromatic heterocycles. The predicted octanol–water partition coefficient (Wildman–Crippen LogP) is 4.03. The number of thiophene rings is 1. The second-order valence-electron chi connectivity index (χ2n) is 10.0. The summed E-state index contributed by atoms with van der Waals surface area (Å²) >= 11 is 1.68. The fraction of sp³-hybridized carbons (Fsp3) is 0.654. The van der Waals surface area contributed by atoms with Gasteiger partial charge in [0.25, 0.3) is 0 Å². The third kappa shape index (κ3) is 6.08. The van der Waals surface area contributed by atoms with Crippen LogP contribution in [-0.4, -0.2) is 77.0 Å². The molecule has 3 aliphatic rings. The lowest BCUT2D eigenvalue weighted by Crippen LogP contribution is -2.54. The van der Waals surface area contributed by atoms with Crippen molar-refractivity contribution in [1.29, 1.82) is 0 Å². The molecule has 0 radical (unpaired) electrons. The van der Waals surface area contributed by atoms with E-state index in [0.29, 0.717) is 18.5 Å². The normalized spacial score (nSPS) is 24.6. The first-order chi connectivity index (χ1) is 16.7. The molecule has 0 spiro atoms. The van der Waals surface area contributed by atoms with Crippen molar-refractivity contribution in [1.82, 2.24) is 19.8 Å². The zero-order chi connectivity index (χ0) is 23.2. The summed E-state index contributed by atoms with van der Waals surface area (Å²) in [7, 11) is 0. The van der Waals surface area contributed by atoms with Crippen LogP contribution in [0.4, 0.5) is 11.8 Å². The molecule has 8 heteroatoms. The SMILES string of the molecule is O=C(Cc1cccs1)N1CCCC(N2CCCC(Nc3nccc(N4CCCCCC4)n3)C2)C1. The van der Waals surface area contributed by atoms with E-state index < -0.39 is 0 Å². The second kappa shape index (κ2) is 11.5. The van der Waals surface area contributed by atoms with Crippen LogP contribution in [0.15, 0.2) is 29.8 Å². The topological polar surface area (TPSA) is 64.6 Å². The third-order valence-electron chi connectivity index (χ3n) is 7.53. The number of rotatable bonds is 6. The Balaban J connectivity index is 1.16. The second-order valence-corrected chi connectivity index (χ2v) is 11.0. The van der Waals surface area contributed by atoms with Crippen molar-refractivity contribution in [3.8, 4) is 0 Å². The predicted molar refractivity (Wildman–Crippen MR) is 139 cm³/mol. The summed E-state index contributed by atoms with van der Waals surface area (Å²) in [5.74, 6) is 2.08. The highest BCUT2D eigenvalue weighted by Gasteiger charge is 2.31. The van der Waals surface area contributed by atoms with Crippen LogP contribution in [0.3, 0.4) is 0 Å². The van der Waals surface area contributed by atoms with Gasteiger partial charge in [0.2, 0.25) is 11.9 Å². The molecule has 2 aromatic rings. The van der Waals surface area contributed by atoms with Crippen molar-refractivity contribution >= 4 is 29.0 Å². The Labute approximate surface area is 207 Å². The zero-order valence-corrected chi connectivity index (χ0v) is 21.0. The summed E-state index contributed by atoms with van der Waals surface area (Å²) in [6.45, 7) is 6.05. The van der Waals surface area contributed by atoms with Crippen LogP contribution in [0.2, 0.25) is 0 Å². The number of nitrogens with one attached hydrogen (secondary N) is 1. The first-order valence-corrected chi connectivity index (χ1v) is 14.0. The van der Waals surface area contributed by atoms with E-state index in [2.05, 4.69) is 36.4 Å². The van der Waals surface area contributed by atoms with Crippen LogP contribution in [0.5, 0.6) is 0 Å². The molecule has 1 amide bonds. The van der Waals surface area contributed by atoms with Crippen LogP contribution in [-0.2, 0) is 11.2 Å². The van der Waals surface area contributed by atoms with E-state index in [1.165, 1.54) is 38.5 Å². The van der Waals surface area contributed by atoms with Crippen molar-refractivity contribution in [3.63, 3.8) is 0 Å². The summed E-state index contributed by atoms with van der Waals surface area (Å²) in [5.41, 5.74) is 0. The molecule has 0 aromatic carbocycles. The molecule has 0 aliphatic carbocycles. The Morgan fingerprint density at radius 3 is 2.68 bits per heavy atom. The Morgan fingerprint density at radius 1 is 1.00 bits per heavy atom. The van der Waals surface area contributed by atoms with Gasteiger partial charge in [0.1, 0.15) is 5.82 Å². The molecular weight excluding hydrogens is 444 g/mol. The van der Waals surface area contributed by atoms with Gasteiger partial charge in [-0.15, -0.1) is 11.3 Å². The number of hydrogen-bond donors (Lipinski definition) is 1. The first-order valence-electron chi connectivity index (χ1n) is 13.1. The maximum absolute atomic E-state index is 12.9. The Bertz CT molecular complexity index is 914. The molecular formula is C26H38N6OS. The van der Waals surface area contributed by atoms with E-state index in [0.717, 1.165) is 68.8 Å². The highest BCUT2D eigenvalue weighted by Crippen LogP contribution is 2.24. The molecule has 34 heavy (non-hydrogen) atoms. The fourth-order valence-corrected chi connectivity index (χ4v) is 6.38. The van der Waals surface area contributed by atoms with Gasteiger partial charge in [0.15, 0.2) is 0 Å². The molecule has 1 N–H and O–H groups in total. The number of aromatic nitrogens is 2. The number of amides is 1. The van der Waals surface area contributed by atoms with Crippen LogP contribution >= 0.6 is 11.3 Å². The van der Waals surface area contributed by atoms with Gasteiger partial charge in [-0.05, 0) is 62.6 Å². The summed E-state index contributed by atoms with van der Waals surface area (Å²) in [6.07, 6.45) is 12.2. The molecule has 3 aliphatic heterocycles. The quantitative estimate of drug-likeness (QED) is 0.671. The van der Waals surface area contributed by atoms with Crippen molar-refractivity contribution in [2.24, 2.45) is 0 Å². The van der Waals surface area contributed by atoms with Gasteiger partial charge in [-0.1, -0.05) is 18.9 Å². The maximum atomic E-state index is 12.9. The van der Waals surface area contributed by atoms with Crippen molar-refractivity contribution in [2.75, 3.05) is 49.5 Å². The van der Waals surface area contributed by atoms with Crippen molar-refractivity contribution in [2.45, 2.75) is 69.9 Å². The highest BCUT2D eigenvalue weighted by molar-refractivity contribution is 7.10. The average molecular weight is 483 g/mol. The van der Waals surface area contributed by atoms with Gasteiger partial charge in [-0.2, -0.15) is 4.98 Å². The Morgan fingerprint density at radius 2 is 1.85 bits per heavy atom. The molecule has 0 bridgehead atoms. The number of hydrogen-bond acceptors (Lipinski definition) is 7. The lowest BCUT2D eigenvalue weighted by atomic mass is 9.98. The number of nitrogens with zero attached hydrogens (tertiary/aromatic N) is 5. The van der Waals surface area contributed by atoms with E-state index in [-0.39, 0.29) is 5.91 Å². The minimum absolute atomic E-state index is 0.276. The smallest absolute Gasteiger partial charge is 0.227 e. The number of likely N-dealkylation sites (tertiary alicyclic amines) is 2. The molecule has 2 atom stereocenters. The number of piperidine rings is 2. The van der Waals surface area contributed by atoms with E-state index in [4.69, 9.17) is 4.98 Å². The van der Waals surface area contributed by atoms with Gasteiger partial charge in [-0.25, -0.2) is 4.98 Å². The van der Waals surface area contributed by atoms with E-state index in [9.17, 15) is 4.79 Å². The Hall–Kier alpha value is -2.19. The van der Waals surface area contributed by atoms with E-state index in [1.807, 2.05) is 18.3 Å². The monoisotopic (exact) mass is 482 g/mol. The lowest BCUT2D eigenvalue weighted by Gasteiger charge is -2.43. The lowest BCUT2D eigenvalue weighted by molar-refractivity contribution is -0.132. The van der Waals surface area contributed by atoms with Crippen LogP contribution in [0.25, 0.3) is 0 Å². The summed E-state index contributed by atoms with van der Waals surface area (Å²) in [4.78, 5) is 30.6. The standard InChI is InChI=1S/C26H38N6OS/c33-25(18-23-10-7-17-34-23)32-16-6-9-22(20-32)31-15-5-8-21(19-31)28-26-27-12-11-24(29-26)30-13-3-1-2-4-14-30/h7,10-12,17,21-22H,1-6,8-9,13-16,18-20H2,(H,27,28,29). The largest absolute Gasteiger partial charge is 0.356 e. The number of carbonyl (C=O) groups excluding carboxylic acids is 1. The zero-order valence-electron chi connectivity index (χ0n) is 20.2. The molecule has 184 valence electrons. The van der Waals surface area contributed by atoms with E-state index in [1.54, 1.807) is 11.3 Å². The van der Waals surface area contributed by atoms with Gasteiger partial charge >= 0.3 is 0 Å². The molecule has 3 fully saturated rings. The molecule has 7 nitrogen and oxygen atoms in total. The van der Waals surface area contributed by atoms with Crippen LogP contribution in [0.1, 0.15) is 56.2 Å². The van der Waals surface area contributed by atoms with Gasteiger partial charge in [0, 0.05) is 55.9 Å². The number of anilines is 2. The molecule has 5 rings (SSSR count). The van der Waals surface area contributed by atoms with E-state index >= 15 is 0 Å².